The maximum absolute atomic E-state index is 10.3. The van der Waals surface area contributed by atoms with Crippen LogP contribution in [0.3, 0.4) is 0 Å². The molecule has 0 aromatic heterocycles. The Morgan fingerprint density at radius 2 is 1.76 bits per heavy atom. The van der Waals surface area contributed by atoms with Crippen LogP contribution in [-0.4, -0.2) is 41.6 Å². The van der Waals surface area contributed by atoms with Crippen LogP contribution in [0.5, 0.6) is 11.5 Å². The van der Waals surface area contributed by atoms with Crippen molar-refractivity contribution in [3.05, 3.63) is 89.0 Å². The molecular formula is C26H31NO5S. The van der Waals surface area contributed by atoms with E-state index in [4.69, 9.17) is 9.47 Å². The fraction of sp³-hybridized carbons (Fsp3) is 0.308. The predicted molar refractivity (Wildman–Crippen MR) is 131 cm³/mol. The molecule has 0 amide bonds. The summed E-state index contributed by atoms with van der Waals surface area (Å²) in [4.78, 5) is 0.924. The fourth-order valence-electron chi connectivity index (χ4n) is 3.34. The number of phenols is 1. The number of rotatable bonds is 13. The SMILES string of the molecule is OCc1cc([C@H](O)CNCCc2ccc(OCCOCc3cccc(S)c3)cc2)ccc1O. The van der Waals surface area contributed by atoms with E-state index in [-0.39, 0.29) is 12.4 Å². The Labute approximate surface area is 200 Å². The van der Waals surface area contributed by atoms with Gasteiger partial charge in [0.1, 0.15) is 18.1 Å². The summed E-state index contributed by atoms with van der Waals surface area (Å²) in [6.07, 6.45) is 0.105. The van der Waals surface area contributed by atoms with Crippen LogP contribution in [0.1, 0.15) is 28.4 Å². The van der Waals surface area contributed by atoms with Crippen LogP contribution in [0.25, 0.3) is 0 Å². The zero-order valence-corrected chi connectivity index (χ0v) is 19.4. The number of aromatic hydroxyl groups is 1. The van der Waals surface area contributed by atoms with Gasteiger partial charge in [-0.1, -0.05) is 30.3 Å². The lowest BCUT2D eigenvalue weighted by molar-refractivity contribution is 0.0888. The lowest BCUT2D eigenvalue weighted by Crippen LogP contribution is -2.23. The molecule has 6 nitrogen and oxygen atoms in total. The van der Waals surface area contributed by atoms with Crippen LogP contribution in [0.4, 0.5) is 0 Å². The molecule has 3 aromatic carbocycles. The number of thiol groups is 1. The first kappa shape index (κ1) is 25.1. The molecule has 0 aliphatic heterocycles. The second-order valence-electron chi connectivity index (χ2n) is 7.73. The molecule has 0 heterocycles. The number of nitrogens with one attached hydrogen (secondary N) is 1. The van der Waals surface area contributed by atoms with Gasteiger partial charge in [-0.05, 0) is 66.1 Å². The van der Waals surface area contributed by atoms with Crippen molar-refractivity contribution >= 4 is 12.6 Å². The van der Waals surface area contributed by atoms with Gasteiger partial charge in [-0.15, -0.1) is 12.6 Å². The molecule has 176 valence electrons. The standard InChI is InChI=1S/C26H31NO5S/c28-17-22-15-21(6-9-25(22)29)26(30)16-27-11-10-19-4-7-23(8-5-19)32-13-12-31-18-20-2-1-3-24(33)14-20/h1-9,14-15,26-30,33H,10-13,16-18H2/t26-/m1/s1. The molecule has 1 atom stereocenters. The molecule has 0 radical (unpaired) electrons. The molecule has 0 aliphatic carbocycles. The number of aliphatic hydroxyl groups is 2. The molecule has 0 fully saturated rings. The summed E-state index contributed by atoms with van der Waals surface area (Å²) in [5, 5.41) is 32.4. The molecule has 3 aromatic rings. The molecular weight excluding hydrogens is 438 g/mol. The van der Waals surface area contributed by atoms with E-state index in [0.717, 1.165) is 22.6 Å². The Morgan fingerprint density at radius 1 is 0.939 bits per heavy atom. The van der Waals surface area contributed by atoms with Crippen LogP contribution in [0.15, 0.2) is 71.6 Å². The van der Waals surface area contributed by atoms with Gasteiger partial charge in [0.15, 0.2) is 0 Å². The lowest BCUT2D eigenvalue weighted by atomic mass is 10.1. The third-order valence-corrected chi connectivity index (χ3v) is 5.46. The van der Waals surface area contributed by atoms with Gasteiger partial charge in [0.05, 0.1) is 25.9 Å². The Morgan fingerprint density at radius 3 is 2.52 bits per heavy atom. The van der Waals surface area contributed by atoms with E-state index >= 15 is 0 Å². The van der Waals surface area contributed by atoms with Gasteiger partial charge in [-0.25, -0.2) is 0 Å². The van der Waals surface area contributed by atoms with Crippen LogP contribution >= 0.6 is 12.6 Å². The summed E-state index contributed by atoms with van der Waals surface area (Å²) >= 11 is 4.32. The summed E-state index contributed by atoms with van der Waals surface area (Å²) in [7, 11) is 0. The average molecular weight is 470 g/mol. The van der Waals surface area contributed by atoms with Crippen LogP contribution in [0, 0.1) is 0 Å². The van der Waals surface area contributed by atoms with Crippen molar-refractivity contribution in [1.29, 1.82) is 0 Å². The number of aliphatic hydroxyl groups excluding tert-OH is 2. The smallest absolute Gasteiger partial charge is 0.121 e. The van der Waals surface area contributed by atoms with Crippen molar-refractivity contribution in [2.75, 3.05) is 26.3 Å². The molecule has 0 unspecified atom stereocenters. The van der Waals surface area contributed by atoms with Crippen molar-refractivity contribution in [2.24, 2.45) is 0 Å². The summed E-state index contributed by atoms with van der Waals surface area (Å²) in [6, 6.07) is 20.6. The van der Waals surface area contributed by atoms with E-state index in [9.17, 15) is 15.3 Å². The minimum atomic E-state index is -0.712. The van der Waals surface area contributed by atoms with Crippen molar-refractivity contribution in [2.45, 2.75) is 30.6 Å². The second kappa shape index (κ2) is 13.2. The fourth-order valence-corrected chi connectivity index (χ4v) is 3.59. The zero-order chi connectivity index (χ0) is 23.5. The van der Waals surface area contributed by atoms with Gasteiger partial charge >= 0.3 is 0 Å². The molecule has 33 heavy (non-hydrogen) atoms. The Hall–Kier alpha value is -2.55. The molecule has 0 saturated heterocycles. The van der Waals surface area contributed by atoms with E-state index in [0.29, 0.717) is 44.0 Å². The van der Waals surface area contributed by atoms with Gasteiger partial charge in [0, 0.05) is 17.0 Å². The van der Waals surface area contributed by atoms with Crippen molar-refractivity contribution in [3.63, 3.8) is 0 Å². The quantitative estimate of drug-likeness (QED) is 0.194. The topological polar surface area (TPSA) is 91.2 Å². The molecule has 4 N–H and O–H groups in total. The molecule has 7 heteroatoms. The average Bonchev–Trinajstić information content (AvgIpc) is 2.82. The van der Waals surface area contributed by atoms with Crippen LogP contribution < -0.4 is 10.1 Å². The summed E-state index contributed by atoms with van der Waals surface area (Å²) in [6.45, 7) is 2.35. The summed E-state index contributed by atoms with van der Waals surface area (Å²) < 4.78 is 11.4. The van der Waals surface area contributed by atoms with Crippen LogP contribution in [0.2, 0.25) is 0 Å². The van der Waals surface area contributed by atoms with E-state index in [1.165, 1.54) is 11.6 Å². The Kier molecular flexibility index (Phi) is 10.1. The minimum Gasteiger partial charge on any atom is -0.508 e. The zero-order valence-electron chi connectivity index (χ0n) is 18.5. The minimum absolute atomic E-state index is 0.0286. The first-order valence-electron chi connectivity index (χ1n) is 10.9. The highest BCUT2D eigenvalue weighted by Gasteiger charge is 2.10. The maximum atomic E-state index is 10.3. The Bertz CT molecular complexity index is 996. The van der Waals surface area contributed by atoms with E-state index in [1.54, 1.807) is 12.1 Å². The highest BCUT2D eigenvalue weighted by atomic mass is 32.1. The summed E-state index contributed by atoms with van der Waals surface area (Å²) in [5.41, 5.74) is 3.32. The highest BCUT2D eigenvalue weighted by Crippen LogP contribution is 2.22. The van der Waals surface area contributed by atoms with Crippen LogP contribution in [-0.2, 0) is 24.4 Å². The number of benzene rings is 3. The highest BCUT2D eigenvalue weighted by molar-refractivity contribution is 7.80. The molecule has 0 spiro atoms. The molecule has 0 aliphatic rings. The maximum Gasteiger partial charge on any atom is 0.121 e. The number of ether oxygens (including phenoxy) is 2. The largest absolute Gasteiger partial charge is 0.508 e. The third kappa shape index (κ3) is 8.38. The third-order valence-electron chi connectivity index (χ3n) is 5.19. The predicted octanol–water partition coefficient (Wildman–Crippen LogP) is 3.63. The van der Waals surface area contributed by atoms with Gasteiger partial charge in [-0.3, -0.25) is 0 Å². The Balaban J connectivity index is 1.31. The molecule has 3 rings (SSSR count). The number of hydrogen-bond acceptors (Lipinski definition) is 7. The van der Waals surface area contributed by atoms with Gasteiger partial charge in [-0.2, -0.15) is 0 Å². The van der Waals surface area contributed by atoms with Gasteiger partial charge in [0.25, 0.3) is 0 Å². The van der Waals surface area contributed by atoms with E-state index in [1.807, 2.05) is 48.5 Å². The summed E-state index contributed by atoms with van der Waals surface area (Å²) in [5.74, 6) is 0.830. The first-order chi connectivity index (χ1) is 16.0. The molecule has 0 saturated carbocycles. The molecule has 0 bridgehead atoms. The van der Waals surface area contributed by atoms with Crippen molar-refractivity contribution in [1.82, 2.24) is 5.32 Å². The van der Waals surface area contributed by atoms with Crippen molar-refractivity contribution < 1.29 is 24.8 Å². The number of hydrogen-bond donors (Lipinski definition) is 5. The lowest BCUT2D eigenvalue weighted by Gasteiger charge is -2.14. The first-order valence-corrected chi connectivity index (χ1v) is 11.4. The van der Waals surface area contributed by atoms with Crippen molar-refractivity contribution in [3.8, 4) is 11.5 Å². The normalized spacial score (nSPS) is 12.0. The monoisotopic (exact) mass is 469 g/mol. The van der Waals surface area contributed by atoms with E-state index in [2.05, 4.69) is 17.9 Å². The van der Waals surface area contributed by atoms with E-state index < -0.39 is 6.10 Å². The van der Waals surface area contributed by atoms with Gasteiger partial charge in [0.2, 0.25) is 0 Å². The van der Waals surface area contributed by atoms with Gasteiger partial charge < -0.3 is 30.1 Å². The second-order valence-corrected chi connectivity index (χ2v) is 8.25.